The highest BCUT2D eigenvalue weighted by atomic mass is 16.1. The van der Waals surface area contributed by atoms with Gasteiger partial charge in [-0.2, -0.15) is 5.26 Å². The van der Waals surface area contributed by atoms with Crippen molar-refractivity contribution in [1.82, 2.24) is 9.97 Å². The topological polar surface area (TPSA) is 90.7 Å². The van der Waals surface area contributed by atoms with E-state index in [4.69, 9.17) is 5.26 Å². The lowest BCUT2D eigenvalue weighted by molar-refractivity contribution is 0.102. The standard InChI is InChI=1S/C23H23N5O/c1-15-25-20(22(29)27-17-11-9-16(14-24)10-12-17)13-21(26-15)28-19-8-6-5-7-18(19)23(2,3)4/h5-13H,1-4H3,(H,27,29)(H,25,26,28). The molecule has 3 aromatic rings. The lowest BCUT2D eigenvalue weighted by Gasteiger charge is -2.23. The average molecular weight is 385 g/mol. The Labute approximate surface area is 170 Å². The van der Waals surface area contributed by atoms with Crippen LogP contribution < -0.4 is 10.6 Å². The van der Waals surface area contributed by atoms with Crippen LogP contribution in [0, 0.1) is 18.3 Å². The zero-order valence-electron chi connectivity index (χ0n) is 16.9. The van der Waals surface area contributed by atoms with Gasteiger partial charge in [-0.05, 0) is 48.2 Å². The maximum absolute atomic E-state index is 12.7. The number of benzene rings is 2. The van der Waals surface area contributed by atoms with E-state index in [0.717, 1.165) is 11.3 Å². The highest BCUT2D eigenvalue weighted by molar-refractivity contribution is 6.03. The minimum Gasteiger partial charge on any atom is -0.340 e. The molecule has 0 radical (unpaired) electrons. The molecule has 0 spiro atoms. The minimum atomic E-state index is -0.340. The number of carbonyl (C=O) groups excluding carboxylic acids is 1. The highest BCUT2D eigenvalue weighted by Gasteiger charge is 2.18. The van der Waals surface area contributed by atoms with Gasteiger partial charge in [-0.3, -0.25) is 4.79 Å². The van der Waals surface area contributed by atoms with Gasteiger partial charge in [-0.15, -0.1) is 0 Å². The quantitative estimate of drug-likeness (QED) is 0.663. The first-order valence-corrected chi connectivity index (χ1v) is 9.30. The SMILES string of the molecule is Cc1nc(Nc2ccccc2C(C)(C)C)cc(C(=O)Nc2ccc(C#N)cc2)n1. The fourth-order valence-corrected chi connectivity index (χ4v) is 2.96. The van der Waals surface area contributed by atoms with Crippen LogP contribution >= 0.6 is 0 Å². The molecule has 3 rings (SSSR count). The zero-order chi connectivity index (χ0) is 21.0. The zero-order valence-corrected chi connectivity index (χ0v) is 16.9. The molecule has 2 N–H and O–H groups in total. The molecule has 6 heteroatoms. The van der Waals surface area contributed by atoms with Gasteiger partial charge in [0.25, 0.3) is 5.91 Å². The van der Waals surface area contributed by atoms with E-state index >= 15 is 0 Å². The number of nitrogens with zero attached hydrogens (tertiary/aromatic N) is 3. The fraction of sp³-hybridized carbons (Fsp3) is 0.217. The molecule has 2 aromatic carbocycles. The van der Waals surface area contributed by atoms with Crippen molar-refractivity contribution in [3.8, 4) is 6.07 Å². The largest absolute Gasteiger partial charge is 0.340 e. The van der Waals surface area contributed by atoms with Crippen molar-refractivity contribution < 1.29 is 4.79 Å². The minimum absolute atomic E-state index is 0.0402. The molecule has 0 aliphatic rings. The van der Waals surface area contributed by atoms with Crippen molar-refractivity contribution in [2.45, 2.75) is 33.1 Å². The first-order chi connectivity index (χ1) is 13.8. The number of aryl methyl sites for hydroxylation is 1. The molecule has 0 aliphatic carbocycles. The van der Waals surface area contributed by atoms with Crippen LogP contribution in [0.1, 0.15) is 48.2 Å². The van der Waals surface area contributed by atoms with Gasteiger partial charge in [-0.25, -0.2) is 9.97 Å². The number of carbonyl (C=O) groups is 1. The number of aromatic nitrogens is 2. The summed E-state index contributed by atoms with van der Waals surface area (Å²) in [6.07, 6.45) is 0. The molecule has 6 nitrogen and oxygen atoms in total. The predicted molar refractivity (Wildman–Crippen MR) is 114 cm³/mol. The summed E-state index contributed by atoms with van der Waals surface area (Å²) in [7, 11) is 0. The Morgan fingerprint density at radius 3 is 2.38 bits per heavy atom. The molecule has 0 aliphatic heterocycles. The van der Waals surface area contributed by atoms with Gasteiger partial charge in [0.2, 0.25) is 0 Å². The van der Waals surface area contributed by atoms with Gasteiger partial charge in [0.15, 0.2) is 0 Å². The number of para-hydroxylation sites is 1. The third-order valence-electron chi connectivity index (χ3n) is 4.34. The molecule has 0 saturated carbocycles. The lowest BCUT2D eigenvalue weighted by atomic mass is 9.86. The van der Waals surface area contributed by atoms with Crippen LogP contribution in [0.4, 0.5) is 17.2 Å². The summed E-state index contributed by atoms with van der Waals surface area (Å²) in [5.41, 5.74) is 3.44. The molecular weight excluding hydrogens is 362 g/mol. The maximum atomic E-state index is 12.7. The Kier molecular flexibility index (Phi) is 5.60. The summed E-state index contributed by atoms with van der Waals surface area (Å²) in [5, 5.41) is 15.0. The monoisotopic (exact) mass is 385 g/mol. The van der Waals surface area contributed by atoms with Crippen molar-refractivity contribution in [3.05, 3.63) is 77.2 Å². The van der Waals surface area contributed by atoms with Crippen LogP contribution in [-0.2, 0) is 5.41 Å². The van der Waals surface area contributed by atoms with Crippen LogP contribution in [0.25, 0.3) is 0 Å². The van der Waals surface area contributed by atoms with Gasteiger partial charge in [0, 0.05) is 17.4 Å². The normalized spacial score (nSPS) is 10.9. The summed E-state index contributed by atoms with van der Waals surface area (Å²) in [6, 6.07) is 18.4. The molecule has 0 saturated heterocycles. The maximum Gasteiger partial charge on any atom is 0.274 e. The van der Waals surface area contributed by atoms with E-state index in [1.165, 1.54) is 0 Å². The highest BCUT2D eigenvalue weighted by Crippen LogP contribution is 2.31. The average Bonchev–Trinajstić information content (AvgIpc) is 2.67. The van der Waals surface area contributed by atoms with Crippen molar-refractivity contribution in [3.63, 3.8) is 0 Å². The number of rotatable bonds is 4. The van der Waals surface area contributed by atoms with E-state index in [-0.39, 0.29) is 17.0 Å². The van der Waals surface area contributed by atoms with Crippen molar-refractivity contribution in [2.24, 2.45) is 0 Å². The number of hydrogen-bond acceptors (Lipinski definition) is 5. The van der Waals surface area contributed by atoms with E-state index < -0.39 is 0 Å². The fourth-order valence-electron chi connectivity index (χ4n) is 2.96. The van der Waals surface area contributed by atoms with Crippen LogP contribution in [0.5, 0.6) is 0 Å². The molecule has 1 amide bonds. The second-order valence-corrected chi connectivity index (χ2v) is 7.75. The van der Waals surface area contributed by atoms with Crippen molar-refractivity contribution in [2.75, 3.05) is 10.6 Å². The van der Waals surface area contributed by atoms with Crippen molar-refractivity contribution >= 4 is 23.1 Å². The predicted octanol–water partition coefficient (Wildman–Crippen LogP) is 4.95. The van der Waals surface area contributed by atoms with Crippen LogP contribution in [-0.4, -0.2) is 15.9 Å². The Bertz CT molecular complexity index is 1080. The van der Waals surface area contributed by atoms with Gasteiger partial charge >= 0.3 is 0 Å². The van der Waals surface area contributed by atoms with E-state index in [9.17, 15) is 4.79 Å². The third kappa shape index (κ3) is 4.96. The van der Waals surface area contributed by atoms with Gasteiger partial charge in [0.1, 0.15) is 17.3 Å². The molecule has 1 aromatic heterocycles. The van der Waals surface area contributed by atoms with Crippen LogP contribution in [0.2, 0.25) is 0 Å². The van der Waals surface area contributed by atoms with Gasteiger partial charge in [0.05, 0.1) is 11.6 Å². The second kappa shape index (κ2) is 8.11. The summed E-state index contributed by atoms with van der Waals surface area (Å²) in [4.78, 5) is 21.3. The Morgan fingerprint density at radius 2 is 1.72 bits per heavy atom. The molecular formula is C23H23N5O. The number of hydrogen-bond donors (Lipinski definition) is 2. The summed E-state index contributed by atoms with van der Waals surface area (Å²) in [5.74, 6) is 0.708. The summed E-state index contributed by atoms with van der Waals surface area (Å²) >= 11 is 0. The number of nitrogens with one attached hydrogen (secondary N) is 2. The molecule has 0 fully saturated rings. The molecule has 146 valence electrons. The third-order valence-corrected chi connectivity index (χ3v) is 4.34. The Balaban J connectivity index is 1.85. The molecule has 0 atom stereocenters. The Hall–Kier alpha value is -3.72. The second-order valence-electron chi connectivity index (χ2n) is 7.75. The molecule has 29 heavy (non-hydrogen) atoms. The van der Waals surface area contributed by atoms with E-state index in [1.807, 2.05) is 18.2 Å². The van der Waals surface area contributed by atoms with E-state index in [0.29, 0.717) is 22.9 Å². The van der Waals surface area contributed by atoms with E-state index in [2.05, 4.69) is 53.5 Å². The smallest absolute Gasteiger partial charge is 0.274 e. The van der Waals surface area contributed by atoms with Crippen LogP contribution in [0.3, 0.4) is 0 Å². The van der Waals surface area contributed by atoms with Crippen molar-refractivity contribution in [1.29, 1.82) is 5.26 Å². The van der Waals surface area contributed by atoms with Crippen LogP contribution in [0.15, 0.2) is 54.6 Å². The van der Waals surface area contributed by atoms with Gasteiger partial charge in [-0.1, -0.05) is 39.0 Å². The Morgan fingerprint density at radius 1 is 1.03 bits per heavy atom. The summed E-state index contributed by atoms with van der Waals surface area (Å²) < 4.78 is 0. The molecule has 0 bridgehead atoms. The first kappa shape index (κ1) is 20.0. The van der Waals surface area contributed by atoms with Gasteiger partial charge < -0.3 is 10.6 Å². The number of anilines is 3. The molecule has 0 unspecified atom stereocenters. The summed E-state index contributed by atoms with van der Waals surface area (Å²) in [6.45, 7) is 8.19. The molecule has 1 heterocycles. The lowest BCUT2D eigenvalue weighted by Crippen LogP contribution is -2.16. The first-order valence-electron chi connectivity index (χ1n) is 9.30. The number of nitriles is 1. The van der Waals surface area contributed by atoms with E-state index in [1.54, 1.807) is 37.3 Å². The number of amides is 1.